The topological polar surface area (TPSA) is 57.6 Å². The van der Waals surface area contributed by atoms with Gasteiger partial charge < -0.3 is 5.11 Å². The molecule has 10 heavy (non-hydrogen) atoms. The van der Waals surface area contributed by atoms with Crippen LogP contribution >= 0.6 is 0 Å². The van der Waals surface area contributed by atoms with E-state index in [0.29, 0.717) is 13.0 Å². The molecule has 0 aromatic carbocycles. The number of β-amino-alcohol motifs (C(OH)–C–C–N with tert-alkyl or cyclic N) is 1. The van der Waals surface area contributed by atoms with Crippen molar-refractivity contribution >= 4 is 10.0 Å². The summed E-state index contributed by atoms with van der Waals surface area (Å²) in [6.07, 6.45) is 1.26. The van der Waals surface area contributed by atoms with Crippen LogP contribution in [0.15, 0.2) is 0 Å². The molecule has 0 radical (unpaired) electrons. The molecule has 0 bridgehead atoms. The maximum absolute atomic E-state index is 10.8. The highest BCUT2D eigenvalue weighted by atomic mass is 32.2. The van der Waals surface area contributed by atoms with Gasteiger partial charge in [-0.05, 0) is 6.42 Å². The maximum Gasteiger partial charge on any atom is 0.211 e. The molecule has 1 rings (SSSR count). The average Bonchev–Trinajstić information content (AvgIpc) is 2.11. The van der Waals surface area contributed by atoms with Gasteiger partial charge in [0, 0.05) is 13.1 Å². The molecule has 1 fully saturated rings. The van der Waals surface area contributed by atoms with Crippen molar-refractivity contribution in [1.29, 1.82) is 0 Å². The summed E-state index contributed by atoms with van der Waals surface area (Å²) >= 11 is 0. The van der Waals surface area contributed by atoms with Gasteiger partial charge in [-0.15, -0.1) is 0 Å². The molecule has 1 heterocycles. The summed E-state index contributed by atoms with van der Waals surface area (Å²) in [4.78, 5) is 0. The van der Waals surface area contributed by atoms with E-state index in [1.54, 1.807) is 0 Å². The SMILES string of the molecule is CS(=O)(=O)N1CC[C@H](O)C1. The third-order valence-electron chi connectivity index (χ3n) is 1.60. The van der Waals surface area contributed by atoms with Crippen LogP contribution in [0, 0.1) is 0 Å². The molecule has 5 heteroatoms. The van der Waals surface area contributed by atoms with Crippen LogP contribution in [0.2, 0.25) is 0 Å². The van der Waals surface area contributed by atoms with Crippen LogP contribution in [0.3, 0.4) is 0 Å². The van der Waals surface area contributed by atoms with Crippen molar-refractivity contribution in [1.82, 2.24) is 4.31 Å². The average molecular weight is 165 g/mol. The predicted molar refractivity (Wildman–Crippen MR) is 37.0 cm³/mol. The molecule has 1 N–H and O–H groups in total. The van der Waals surface area contributed by atoms with Crippen LogP contribution in [0.5, 0.6) is 0 Å². The molecule has 1 aliphatic heterocycles. The number of hydrogen-bond acceptors (Lipinski definition) is 3. The van der Waals surface area contributed by atoms with Gasteiger partial charge in [0.15, 0.2) is 0 Å². The second kappa shape index (κ2) is 2.48. The molecule has 1 aliphatic rings. The highest BCUT2D eigenvalue weighted by Crippen LogP contribution is 2.11. The Morgan fingerprint density at radius 2 is 2.20 bits per heavy atom. The first-order valence-electron chi connectivity index (χ1n) is 3.13. The zero-order valence-corrected chi connectivity index (χ0v) is 6.63. The summed E-state index contributed by atoms with van der Waals surface area (Å²) < 4.78 is 22.9. The van der Waals surface area contributed by atoms with Crippen molar-refractivity contribution in [2.45, 2.75) is 12.5 Å². The molecule has 4 nitrogen and oxygen atoms in total. The van der Waals surface area contributed by atoms with Gasteiger partial charge in [0.05, 0.1) is 12.4 Å². The van der Waals surface area contributed by atoms with Crippen molar-refractivity contribution in [2.75, 3.05) is 19.3 Å². The molecule has 0 aromatic rings. The summed E-state index contributed by atoms with van der Waals surface area (Å²) in [5.74, 6) is 0. The van der Waals surface area contributed by atoms with E-state index in [1.165, 1.54) is 4.31 Å². The Morgan fingerprint density at radius 3 is 2.40 bits per heavy atom. The molecule has 0 aromatic heterocycles. The summed E-state index contributed by atoms with van der Waals surface area (Å²) in [5.41, 5.74) is 0. The highest BCUT2D eigenvalue weighted by molar-refractivity contribution is 7.88. The maximum atomic E-state index is 10.8. The van der Waals surface area contributed by atoms with Crippen LogP contribution in [0.1, 0.15) is 6.42 Å². The number of nitrogens with zero attached hydrogens (tertiary/aromatic N) is 1. The Hall–Kier alpha value is -0.130. The van der Waals surface area contributed by atoms with E-state index in [0.717, 1.165) is 6.26 Å². The Bertz CT molecular complexity index is 211. The Balaban J connectivity index is 2.62. The van der Waals surface area contributed by atoms with Crippen molar-refractivity contribution in [2.24, 2.45) is 0 Å². The van der Waals surface area contributed by atoms with Gasteiger partial charge in [-0.25, -0.2) is 8.42 Å². The number of rotatable bonds is 1. The minimum absolute atomic E-state index is 0.263. The van der Waals surface area contributed by atoms with E-state index in [4.69, 9.17) is 5.11 Å². The van der Waals surface area contributed by atoms with Crippen molar-refractivity contribution in [3.8, 4) is 0 Å². The van der Waals surface area contributed by atoms with E-state index >= 15 is 0 Å². The van der Waals surface area contributed by atoms with Gasteiger partial charge in [-0.3, -0.25) is 0 Å². The summed E-state index contributed by atoms with van der Waals surface area (Å²) in [7, 11) is -3.06. The first-order valence-corrected chi connectivity index (χ1v) is 4.98. The monoisotopic (exact) mass is 165 g/mol. The zero-order chi connectivity index (χ0) is 7.78. The fourth-order valence-electron chi connectivity index (χ4n) is 1.01. The Labute approximate surface area is 60.5 Å². The molecule has 0 amide bonds. The summed E-state index contributed by atoms with van der Waals surface area (Å²) in [6.45, 7) is 0.721. The fourth-order valence-corrected chi connectivity index (χ4v) is 1.89. The van der Waals surface area contributed by atoms with Crippen LogP contribution < -0.4 is 0 Å². The van der Waals surface area contributed by atoms with Gasteiger partial charge in [0.25, 0.3) is 0 Å². The van der Waals surface area contributed by atoms with Crippen LogP contribution in [-0.2, 0) is 10.0 Å². The quantitative estimate of drug-likeness (QED) is 0.543. The lowest BCUT2D eigenvalue weighted by Crippen LogP contribution is -2.28. The molecule has 1 saturated heterocycles. The van der Waals surface area contributed by atoms with Crippen LogP contribution in [-0.4, -0.2) is 43.3 Å². The van der Waals surface area contributed by atoms with Crippen molar-refractivity contribution in [3.63, 3.8) is 0 Å². The standard InChI is InChI=1S/C5H11NO3S/c1-10(8,9)6-3-2-5(7)4-6/h5,7H,2-4H2,1H3/t5-/m0/s1. The first kappa shape index (κ1) is 7.97. The van der Waals surface area contributed by atoms with E-state index in [1.807, 2.05) is 0 Å². The van der Waals surface area contributed by atoms with Crippen molar-refractivity contribution < 1.29 is 13.5 Å². The second-order valence-corrected chi connectivity index (χ2v) is 4.55. The molecule has 0 aliphatic carbocycles. The Morgan fingerprint density at radius 1 is 1.60 bits per heavy atom. The van der Waals surface area contributed by atoms with E-state index in [9.17, 15) is 8.42 Å². The predicted octanol–water partition coefficient (Wildman–Crippen LogP) is -0.987. The lowest BCUT2D eigenvalue weighted by atomic mass is 10.3. The summed E-state index contributed by atoms with van der Waals surface area (Å²) in [6, 6.07) is 0. The van der Waals surface area contributed by atoms with Gasteiger partial charge in [0.1, 0.15) is 0 Å². The number of sulfonamides is 1. The zero-order valence-electron chi connectivity index (χ0n) is 5.82. The van der Waals surface area contributed by atoms with Crippen molar-refractivity contribution in [3.05, 3.63) is 0 Å². The van der Waals surface area contributed by atoms with E-state index in [2.05, 4.69) is 0 Å². The van der Waals surface area contributed by atoms with Crippen LogP contribution in [0.25, 0.3) is 0 Å². The number of hydrogen-bond donors (Lipinski definition) is 1. The van der Waals surface area contributed by atoms with Crippen LogP contribution in [0.4, 0.5) is 0 Å². The first-order chi connectivity index (χ1) is 4.50. The molecular weight excluding hydrogens is 154 g/mol. The lowest BCUT2D eigenvalue weighted by Gasteiger charge is -2.10. The van der Waals surface area contributed by atoms with Gasteiger partial charge in [-0.2, -0.15) is 4.31 Å². The normalized spacial score (nSPS) is 29.2. The second-order valence-electron chi connectivity index (χ2n) is 2.56. The molecule has 1 atom stereocenters. The van der Waals surface area contributed by atoms with Gasteiger partial charge in [-0.1, -0.05) is 0 Å². The number of aliphatic hydroxyl groups is 1. The third kappa shape index (κ3) is 1.68. The minimum atomic E-state index is -3.06. The number of aliphatic hydroxyl groups excluding tert-OH is 1. The van der Waals surface area contributed by atoms with E-state index < -0.39 is 16.1 Å². The third-order valence-corrected chi connectivity index (χ3v) is 2.86. The molecule has 60 valence electrons. The largest absolute Gasteiger partial charge is 0.392 e. The molecular formula is C5H11NO3S. The van der Waals surface area contributed by atoms with Gasteiger partial charge >= 0.3 is 0 Å². The Kier molecular flexibility index (Phi) is 1.98. The molecule has 0 spiro atoms. The molecule has 0 unspecified atom stereocenters. The van der Waals surface area contributed by atoms with E-state index in [-0.39, 0.29) is 6.54 Å². The summed E-state index contributed by atoms with van der Waals surface area (Å²) in [5, 5.41) is 8.96. The lowest BCUT2D eigenvalue weighted by molar-refractivity contribution is 0.189. The molecule has 0 saturated carbocycles. The highest BCUT2D eigenvalue weighted by Gasteiger charge is 2.26. The fraction of sp³-hybridized carbons (Fsp3) is 1.00. The smallest absolute Gasteiger partial charge is 0.211 e. The van der Waals surface area contributed by atoms with Gasteiger partial charge in [0.2, 0.25) is 10.0 Å². The minimum Gasteiger partial charge on any atom is -0.392 e.